The van der Waals surface area contributed by atoms with Crippen LogP contribution in [0.25, 0.3) is 0 Å². The van der Waals surface area contributed by atoms with Crippen LogP contribution in [0.3, 0.4) is 0 Å². The molecular weight excluding hydrogens is 202 g/mol. The van der Waals surface area contributed by atoms with E-state index < -0.39 is 0 Å². The van der Waals surface area contributed by atoms with Crippen LogP contribution in [0.2, 0.25) is 0 Å². The van der Waals surface area contributed by atoms with Crippen LogP contribution < -0.4 is 4.74 Å². The monoisotopic (exact) mass is 215 g/mol. The second kappa shape index (κ2) is 4.61. The summed E-state index contributed by atoms with van der Waals surface area (Å²) in [4.78, 5) is 8.44. The molecule has 4 nitrogen and oxygen atoms in total. The van der Waals surface area contributed by atoms with Gasteiger partial charge in [0.15, 0.2) is 0 Å². The Labute approximate surface area is 94.2 Å². The predicted molar refractivity (Wildman–Crippen MR) is 63.4 cm³/mol. The van der Waals surface area contributed by atoms with Crippen molar-refractivity contribution in [3.63, 3.8) is 0 Å². The third-order valence-corrected chi connectivity index (χ3v) is 2.24. The molecule has 0 unspecified atom stereocenters. The summed E-state index contributed by atoms with van der Waals surface area (Å²) in [5, 5.41) is 0. The average Bonchev–Trinajstić information content (AvgIpc) is 2.83. The van der Waals surface area contributed by atoms with Crippen molar-refractivity contribution in [2.45, 2.75) is 6.92 Å². The number of rotatable bonds is 2. The number of hydrogen-bond acceptors (Lipinski definition) is 3. The molecular formula is C12H13N3O. The van der Waals surface area contributed by atoms with E-state index in [-0.39, 0.29) is 0 Å². The van der Waals surface area contributed by atoms with Crippen LogP contribution in [0, 0.1) is 0 Å². The van der Waals surface area contributed by atoms with E-state index in [0.29, 0.717) is 0 Å². The lowest BCUT2D eigenvalue weighted by Crippen LogP contribution is -2.03. The highest BCUT2D eigenvalue weighted by Gasteiger charge is 1.96. The fourth-order valence-electron chi connectivity index (χ4n) is 1.35. The van der Waals surface area contributed by atoms with E-state index in [2.05, 4.69) is 9.98 Å². The first-order valence-corrected chi connectivity index (χ1v) is 4.97. The van der Waals surface area contributed by atoms with E-state index >= 15 is 0 Å². The lowest BCUT2D eigenvalue weighted by molar-refractivity contribution is 0.415. The summed E-state index contributed by atoms with van der Waals surface area (Å²) >= 11 is 0. The third-order valence-electron chi connectivity index (χ3n) is 2.24. The molecule has 0 aliphatic carbocycles. The largest absolute Gasteiger partial charge is 0.497 e. The molecule has 0 aliphatic rings. The SMILES string of the molecule is COc1ccc(N=C(C)n2ccnc2)cc1. The maximum absolute atomic E-state index is 5.08. The van der Waals surface area contributed by atoms with Crippen LogP contribution >= 0.6 is 0 Å². The van der Waals surface area contributed by atoms with E-state index in [9.17, 15) is 0 Å². The smallest absolute Gasteiger partial charge is 0.119 e. The van der Waals surface area contributed by atoms with Gasteiger partial charge >= 0.3 is 0 Å². The Kier molecular flexibility index (Phi) is 3.00. The number of nitrogens with zero attached hydrogens (tertiary/aromatic N) is 3. The predicted octanol–water partition coefficient (Wildman–Crippen LogP) is 2.49. The van der Waals surface area contributed by atoms with Crippen LogP contribution in [0.5, 0.6) is 5.75 Å². The number of imidazole rings is 1. The summed E-state index contributed by atoms with van der Waals surface area (Å²) in [5.74, 6) is 1.71. The van der Waals surface area contributed by atoms with Gasteiger partial charge in [0, 0.05) is 12.4 Å². The fourth-order valence-corrected chi connectivity index (χ4v) is 1.35. The number of hydrogen-bond donors (Lipinski definition) is 0. The Morgan fingerprint density at radius 1 is 1.31 bits per heavy atom. The van der Waals surface area contributed by atoms with Crippen LogP contribution in [-0.2, 0) is 0 Å². The van der Waals surface area contributed by atoms with Gasteiger partial charge in [0.05, 0.1) is 12.8 Å². The first kappa shape index (κ1) is 10.4. The Morgan fingerprint density at radius 3 is 2.62 bits per heavy atom. The molecule has 0 aliphatic heterocycles. The first-order chi connectivity index (χ1) is 7.79. The molecule has 16 heavy (non-hydrogen) atoms. The topological polar surface area (TPSA) is 39.4 Å². The minimum atomic E-state index is 0.833. The van der Waals surface area contributed by atoms with Crippen LogP contribution in [0.1, 0.15) is 6.92 Å². The van der Waals surface area contributed by atoms with Gasteiger partial charge < -0.3 is 4.74 Å². The molecule has 0 spiro atoms. The lowest BCUT2D eigenvalue weighted by Gasteiger charge is -2.02. The van der Waals surface area contributed by atoms with Gasteiger partial charge in [0.2, 0.25) is 0 Å². The van der Waals surface area contributed by atoms with Gasteiger partial charge in [0.25, 0.3) is 0 Å². The lowest BCUT2D eigenvalue weighted by atomic mass is 10.3. The molecule has 0 amide bonds. The molecule has 0 saturated heterocycles. The average molecular weight is 215 g/mol. The van der Waals surface area contributed by atoms with Gasteiger partial charge in [0.1, 0.15) is 17.9 Å². The van der Waals surface area contributed by atoms with E-state index in [1.54, 1.807) is 19.6 Å². The standard InChI is InChI=1S/C12H13N3O/c1-10(15-8-7-13-9-15)14-11-3-5-12(16-2)6-4-11/h3-9H,1-2H3. The zero-order chi connectivity index (χ0) is 11.4. The molecule has 0 bridgehead atoms. The Morgan fingerprint density at radius 2 is 2.06 bits per heavy atom. The van der Waals surface area contributed by atoms with Crippen molar-refractivity contribution in [3.8, 4) is 5.75 Å². The highest BCUT2D eigenvalue weighted by atomic mass is 16.5. The number of methoxy groups -OCH3 is 1. The third kappa shape index (κ3) is 2.28. The number of ether oxygens (including phenoxy) is 1. The van der Waals surface area contributed by atoms with Crippen molar-refractivity contribution in [1.29, 1.82) is 0 Å². The molecule has 0 N–H and O–H groups in total. The van der Waals surface area contributed by atoms with Crippen LogP contribution in [0.4, 0.5) is 5.69 Å². The van der Waals surface area contributed by atoms with Crippen molar-refractivity contribution >= 4 is 11.5 Å². The zero-order valence-electron chi connectivity index (χ0n) is 9.29. The molecule has 82 valence electrons. The summed E-state index contributed by atoms with van der Waals surface area (Å²) in [6, 6.07) is 7.61. The van der Waals surface area contributed by atoms with E-state index in [1.807, 2.05) is 42.0 Å². The summed E-state index contributed by atoms with van der Waals surface area (Å²) in [5.41, 5.74) is 0.895. The van der Waals surface area contributed by atoms with Crippen molar-refractivity contribution in [2.24, 2.45) is 4.99 Å². The maximum Gasteiger partial charge on any atom is 0.119 e. The minimum absolute atomic E-state index is 0.833. The normalized spacial score (nSPS) is 11.5. The summed E-state index contributed by atoms with van der Waals surface area (Å²) in [6.07, 6.45) is 5.32. The first-order valence-electron chi connectivity index (χ1n) is 4.97. The fraction of sp³-hybridized carbons (Fsp3) is 0.167. The molecule has 1 heterocycles. The summed E-state index contributed by atoms with van der Waals surface area (Å²) in [7, 11) is 1.65. The molecule has 0 fully saturated rings. The van der Waals surface area contributed by atoms with Gasteiger partial charge in [-0.25, -0.2) is 9.98 Å². The number of benzene rings is 1. The summed E-state index contributed by atoms with van der Waals surface area (Å²) < 4.78 is 6.95. The quantitative estimate of drug-likeness (QED) is 0.570. The molecule has 2 aromatic rings. The molecule has 4 heteroatoms. The van der Waals surface area contributed by atoms with Crippen molar-refractivity contribution in [2.75, 3.05) is 7.11 Å². The van der Waals surface area contributed by atoms with Gasteiger partial charge in [-0.3, -0.25) is 4.57 Å². The maximum atomic E-state index is 5.08. The second-order valence-corrected chi connectivity index (χ2v) is 3.33. The van der Waals surface area contributed by atoms with E-state index in [1.165, 1.54) is 0 Å². The zero-order valence-corrected chi connectivity index (χ0v) is 9.29. The molecule has 1 aromatic carbocycles. The molecule has 0 atom stereocenters. The second-order valence-electron chi connectivity index (χ2n) is 3.33. The molecule has 2 rings (SSSR count). The van der Waals surface area contributed by atoms with Gasteiger partial charge in [-0.05, 0) is 31.2 Å². The van der Waals surface area contributed by atoms with Crippen LogP contribution in [0.15, 0.2) is 48.0 Å². The Balaban J connectivity index is 2.22. The number of aromatic nitrogens is 2. The highest BCUT2D eigenvalue weighted by Crippen LogP contribution is 2.17. The number of aliphatic imine (C=N–C) groups is 1. The van der Waals surface area contributed by atoms with E-state index in [0.717, 1.165) is 17.3 Å². The Hall–Kier alpha value is -2.10. The van der Waals surface area contributed by atoms with Crippen LogP contribution in [-0.4, -0.2) is 22.5 Å². The minimum Gasteiger partial charge on any atom is -0.497 e. The van der Waals surface area contributed by atoms with Gasteiger partial charge in [-0.15, -0.1) is 0 Å². The van der Waals surface area contributed by atoms with E-state index in [4.69, 9.17) is 4.74 Å². The Bertz CT molecular complexity index is 471. The van der Waals surface area contributed by atoms with Gasteiger partial charge in [-0.1, -0.05) is 0 Å². The molecule has 0 radical (unpaired) electrons. The molecule has 0 saturated carbocycles. The van der Waals surface area contributed by atoms with Crippen molar-refractivity contribution in [3.05, 3.63) is 43.0 Å². The summed E-state index contributed by atoms with van der Waals surface area (Å²) in [6.45, 7) is 1.94. The molecule has 1 aromatic heterocycles. The van der Waals surface area contributed by atoms with Gasteiger partial charge in [-0.2, -0.15) is 0 Å². The van der Waals surface area contributed by atoms with Crippen molar-refractivity contribution in [1.82, 2.24) is 9.55 Å². The highest BCUT2D eigenvalue weighted by molar-refractivity contribution is 5.84. The van der Waals surface area contributed by atoms with Crippen molar-refractivity contribution < 1.29 is 4.74 Å².